The molecule has 8 heteroatoms. The van der Waals surface area contributed by atoms with Crippen LogP contribution in [0.2, 0.25) is 0 Å². The molecule has 1 saturated heterocycles. The molecule has 42 heavy (non-hydrogen) atoms. The summed E-state index contributed by atoms with van der Waals surface area (Å²) in [6, 6.07) is 8.64. The van der Waals surface area contributed by atoms with Gasteiger partial charge in [-0.15, -0.1) is 5.92 Å². The highest BCUT2D eigenvalue weighted by atomic mass is 16.6. The van der Waals surface area contributed by atoms with Crippen LogP contribution in [0.15, 0.2) is 30.3 Å². The fourth-order valence-corrected chi connectivity index (χ4v) is 7.75. The Hall–Kier alpha value is -3.57. The van der Waals surface area contributed by atoms with Gasteiger partial charge in [0.25, 0.3) is 0 Å². The van der Waals surface area contributed by atoms with E-state index in [9.17, 15) is 20.1 Å². The number of rotatable bonds is 4. The lowest BCUT2D eigenvalue weighted by Crippen LogP contribution is -2.39. The van der Waals surface area contributed by atoms with Crippen molar-refractivity contribution >= 4 is 5.97 Å². The van der Waals surface area contributed by atoms with Crippen molar-refractivity contribution in [3.63, 3.8) is 0 Å². The van der Waals surface area contributed by atoms with E-state index in [0.717, 1.165) is 44.1 Å². The Morgan fingerprint density at radius 3 is 2.76 bits per heavy atom. The van der Waals surface area contributed by atoms with Gasteiger partial charge in [0.05, 0.1) is 25.4 Å². The molecule has 6 rings (SSSR count). The Labute approximate surface area is 246 Å². The number of hydrogen-bond donors (Lipinski definition) is 3. The number of carbonyl (C=O) groups excluding carboxylic acids is 1. The minimum Gasteiger partial charge on any atom is -0.504 e. The van der Waals surface area contributed by atoms with Gasteiger partial charge in [0.15, 0.2) is 23.0 Å². The number of ether oxygens (including phenoxy) is 4. The number of fused-ring (bicyclic) bond motifs is 6. The van der Waals surface area contributed by atoms with Crippen LogP contribution >= 0.6 is 0 Å². The van der Waals surface area contributed by atoms with Gasteiger partial charge in [-0.25, -0.2) is 0 Å². The average Bonchev–Trinajstić information content (AvgIpc) is 3.55. The van der Waals surface area contributed by atoms with Crippen molar-refractivity contribution in [1.82, 2.24) is 0 Å². The highest BCUT2D eigenvalue weighted by Gasteiger charge is 2.48. The Morgan fingerprint density at radius 1 is 1.10 bits per heavy atom. The molecule has 1 spiro atoms. The predicted octanol–water partition coefficient (Wildman–Crippen LogP) is 5.95. The number of phenolic OH excluding ortho intramolecular Hbond substituents is 3. The van der Waals surface area contributed by atoms with Gasteiger partial charge in [0, 0.05) is 38.0 Å². The fourth-order valence-electron chi connectivity index (χ4n) is 7.75. The van der Waals surface area contributed by atoms with E-state index in [0.29, 0.717) is 37.0 Å². The summed E-state index contributed by atoms with van der Waals surface area (Å²) >= 11 is 0. The van der Waals surface area contributed by atoms with Gasteiger partial charge >= 0.3 is 5.97 Å². The maximum absolute atomic E-state index is 12.0. The van der Waals surface area contributed by atoms with E-state index in [1.54, 1.807) is 12.1 Å². The molecule has 0 aromatic heterocycles. The van der Waals surface area contributed by atoms with Crippen LogP contribution in [-0.2, 0) is 20.7 Å². The zero-order valence-electron chi connectivity index (χ0n) is 24.3. The van der Waals surface area contributed by atoms with Crippen molar-refractivity contribution in [2.24, 2.45) is 17.3 Å². The second-order valence-electron chi connectivity index (χ2n) is 12.5. The van der Waals surface area contributed by atoms with Gasteiger partial charge in [0.2, 0.25) is 5.75 Å². The molecule has 7 atom stereocenters. The van der Waals surface area contributed by atoms with Gasteiger partial charge in [-0.2, -0.15) is 0 Å². The lowest BCUT2D eigenvalue weighted by Gasteiger charge is -2.39. The van der Waals surface area contributed by atoms with Crippen molar-refractivity contribution in [3.8, 4) is 40.6 Å². The number of benzene rings is 2. The summed E-state index contributed by atoms with van der Waals surface area (Å²) in [6.07, 6.45) is 7.04. The highest BCUT2D eigenvalue weighted by Crippen LogP contribution is 2.55. The van der Waals surface area contributed by atoms with Crippen molar-refractivity contribution in [1.29, 1.82) is 0 Å². The molecule has 3 N–H and O–H groups in total. The van der Waals surface area contributed by atoms with Gasteiger partial charge in [0.1, 0.15) is 6.10 Å². The van der Waals surface area contributed by atoms with E-state index in [4.69, 9.17) is 18.9 Å². The van der Waals surface area contributed by atoms with E-state index in [1.165, 1.54) is 20.1 Å². The molecule has 0 amide bonds. The van der Waals surface area contributed by atoms with Crippen LogP contribution in [-0.4, -0.2) is 46.7 Å². The van der Waals surface area contributed by atoms with Crippen molar-refractivity contribution < 1.29 is 39.1 Å². The molecule has 6 bridgehead atoms. The summed E-state index contributed by atoms with van der Waals surface area (Å²) in [5.74, 6) is 7.33. The van der Waals surface area contributed by atoms with E-state index in [2.05, 4.69) is 11.8 Å². The van der Waals surface area contributed by atoms with E-state index in [-0.39, 0.29) is 64.5 Å². The molecule has 0 radical (unpaired) electrons. The standard InChI is InChI=1S/C34H40O8/c1-20(35)40-26-17-29-22(13-21-8-9-27(36)31(14-21)39-2)5-3-6-24-7-4-11-34(24)12-10-25(19-34)41-32-16-23(30(18-26)42-29)15-28(37)33(32)38/h8-9,14-16,22,24-26,29-30,36-38H,4-5,7,10-13,17-19H2,1-2H3/t22-,24+,25+,26+,29+,30-,34-/m0/s1. The quantitative estimate of drug-likeness (QED) is 0.233. The van der Waals surface area contributed by atoms with Gasteiger partial charge in [-0.3, -0.25) is 4.79 Å². The van der Waals surface area contributed by atoms with Gasteiger partial charge in [-0.05, 0) is 79.3 Å². The first kappa shape index (κ1) is 28.5. The Balaban J connectivity index is 1.41. The van der Waals surface area contributed by atoms with Crippen molar-refractivity contribution in [2.75, 3.05) is 7.11 Å². The Kier molecular flexibility index (Phi) is 7.89. The van der Waals surface area contributed by atoms with Crippen LogP contribution in [0.4, 0.5) is 0 Å². The Bertz CT molecular complexity index is 1390. The summed E-state index contributed by atoms with van der Waals surface area (Å²) in [5.41, 5.74) is 1.76. The third-order valence-corrected chi connectivity index (χ3v) is 9.80. The molecular formula is C34H40O8. The highest BCUT2D eigenvalue weighted by molar-refractivity contribution is 5.66. The number of phenols is 3. The number of methoxy groups -OCH3 is 1. The fraction of sp³-hybridized carbons (Fsp3) is 0.559. The topological polar surface area (TPSA) is 115 Å². The summed E-state index contributed by atoms with van der Waals surface area (Å²) in [5, 5.41) is 31.6. The number of aromatic hydroxyl groups is 3. The van der Waals surface area contributed by atoms with Crippen LogP contribution in [0.1, 0.15) is 81.9 Å². The molecule has 2 aliphatic carbocycles. The van der Waals surface area contributed by atoms with Gasteiger partial charge in [-0.1, -0.05) is 18.4 Å². The lowest BCUT2D eigenvalue weighted by molar-refractivity contribution is -0.164. The molecule has 2 aliphatic heterocycles. The second kappa shape index (κ2) is 11.6. The number of esters is 1. The first-order valence-corrected chi connectivity index (χ1v) is 15.1. The molecule has 3 fully saturated rings. The first-order valence-electron chi connectivity index (χ1n) is 15.1. The van der Waals surface area contributed by atoms with Crippen LogP contribution in [0, 0.1) is 29.1 Å². The van der Waals surface area contributed by atoms with Crippen LogP contribution in [0.5, 0.6) is 28.7 Å². The monoisotopic (exact) mass is 576 g/mol. The third kappa shape index (κ3) is 5.72. The molecule has 4 aliphatic rings. The molecule has 224 valence electrons. The number of hydrogen-bond acceptors (Lipinski definition) is 8. The molecule has 0 unspecified atom stereocenters. The largest absolute Gasteiger partial charge is 0.504 e. The second-order valence-corrected chi connectivity index (χ2v) is 12.5. The molecule has 8 nitrogen and oxygen atoms in total. The van der Waals surface area contributed by atoms with Crippen molar-refractivity contribution in [2.45, 2.75) is 95.5 Å². The zero-order chi connectivity index (χ0) is 29.4. The minimum atomic E-state index is -0.494. The van der Waals surface area contributed by atoms with E-state index < -0.39 is 6.10 Å². The summed E-state index contributed by atoms with van der Waals surface area (Å²) in [6.45, 7) is 1.41. The van der Waals surface area contributed by atoms with E-state index >= 15 is 0 Å². The Morgan fingerprint density at radius 2 is 1.95 bits per heavy atom. The van der Waals surface area contributed by atoms with Gasteiger partial charge < -0.3 is 34.3 Å². The normalized spacial score (nSPS) is 31.9. The maximum atomic E-state index is 12.0. The molecule has 2 heterocycles. The summed E-state index contributed by atoms with van der Waals surface area (Å²) in [4.78, 5) is 12.0. The lowest BCUT2D eigenvalue weighted by atomic mass is 9.76. The molecule has 2 aromatic carbocycles. The van der Waals surface area contributed by atoms with Crippen molar-refractivity contribution in [3.05, 3.63) is 41.5 Å². The van der Waals surface area contributed by atoms with E-state index in [1.807, 2.05) is 12.1 Å². The number of carbonyl (C=O) groups is 1. The molecule has 2 aromatic rings. The summed E-state index contributed by atoms with van der Waals surface area (Å²) in [7, 11) is 1.53. The third-order valence-electron chi connectivity index (χ3n) is 9.80. The first-order chi connectivity index (χ1) is 20.2. The average molecular weight is 577 g/mol. The van der Waals surface area contributed by atoms with Crippen LogP contribution in [0.25, 0.3) is 0 Å². The zero-order valence-corrected chi connectivity index (χ0v) is 24.3. The molecule has 2 saturated carbocycles. The molecular weight excluding hydrogens is 536 g/mol. The summed E-state index contributed by atoms with van der Waals surface area (Å²) < 4.78 is 24.2. The minimum absolute atomic E-state index is 0.0344. The smallest absolute Gasteiger partial charge is 0.302 e. The van der Waals surface area contributed by atoms with Crippen LogP contribution in [0.3, 0.4) is 0 Å². The maximum Gasteiger partial charge on any atom is 0.302 e. The predicted molar refractivity (Wildman–Crippen MR) is 154 cm³/mol. The van der Waals surface area contributed by atoms with Crippen LogP contribution < -0.4 is 9.47 Å². The SMILES string of the molecule is COc1cc(C[C@@H]2CC#C[C@@H]3CCC[C@@]34CC[C@H](C4)Oc3cc(cc(O)c3O)[C@@H]3C[C@H](OC(C)=O)C[C@H]2O3)ccc1O.